The Morgan fingerprint density at radius 2 is 2.19 bits per heavy atom. The second-order valence-corrected chi connectivity index (χ2v) is 5.91. The van der Waals surface area contributed by atoms with Crippen molar-refractivity contribution in [3.8, 4) is 5.75 Å². The number of carbonyl (C=O) groups excluding carboxylic acids is 1. The van der Waals surface area contributed by atoms with Gasteiger partial charge in [0.1, 0.15) is 5.75 Å². The maximum atomic E-state index is 12.8. The van der Waals surface area contributed by atoms with Gasteiger partial charge in [0.05, 0.1) is 22.4 Å². The molecule has 3 rings (SSSR count). The van der Waals surface area contributed by atoms with Crippen LogP contribution in [0.3, 0.4) is 0 Å². The van der Waals surface area contributed by atoms with Crippen LogP contribution in [-0.4, -0.2) is 17.4 Å². The van der Waals surface area contributed by atoms with E-state index in [9.17, 15) is 4.79 Å². The molecule has 0 saturated heterocycles. The summed E-state index contributed by atoms with van der Waals surface area (Å²) in [6.45, 7) is 4.68. The van der Waals surface area contributed by atoms with Gasteiger partial charge in [0, 0.05) is 11.7 Å². The third-order valence-electron chi connectivity index (χ3n) is 3.44. The summed E-state index contributed by atoms with van der Waals surface area (Å²) in [5.41, 5.74) is 2.63. The molecule has 0 aliphatic rings. The van der Waals surface area contributed by atoms with E-state index >= 15 is 0 Å². The van der Waals surface area contributed by atoms with E-state index in [0.717, 1.165) is 33.5 Å². The molecule has 3 aromatic rings. The summed E-state index contributed by atoms with van der Waals surface area (Å²) in [4.78, 5) is 16.7. The van der Waals surface area contributed by atoms with Gasteiger partial charge in [-0.3, -0.25) is 4.79 Å². The quantitative estimate of drug-likeness (QED) is 0.702. The standard InChI is InChI=1S/C17H17NO2S/c1-3-8-20-14-6-4-5-13-15(14)12(10-18-13)16(19)17-11(2)7-9-21-17/h4-7,9-10,18H,3,8H2,1-2H3. The van der Waals surface area contributed by atoms with Gasteiger partial charge in [0.2, 0.25) is 5.78 Å². The van der Waals surface area contributed by atoms with Crippen LogP contribution in [0, 0.1) is 6.92 Å². The average Bonchev–Trinajstić information content (AvgIpc) is 3.10. The first-order chi connectivity index (χ1) is 10.2. The van der Waals surface area contributed by atoms with Crippen molar-refractivity contribution in [2.45, 2.75) is 20.3 Å². The minimum Gasteiger partial charge on any atom is -0.493 e. The Morgan fingerprint density at radius 1 is 1.33 bits per heavy atom. The molecule has 21 heavy (non-hydrogen) atoms. The van der Waals surface area contributed by atoms with E-state index in [1.807, 2.05) is 36.6 Å². The number of ether oxygens (including phenoxy) is 1. The van der Waals surface area contributed by atoms with Crippen molar-refractivity contribution in [3.05, 3.63) is 51.8 Å². The number of aryl methyl sites for hydroxylation is 1. The second-order valence-electron chi connectivity index (χ2n) is 4.99. The fourth-order valence-corrected chi connectivity index (χ4v) is 3.27. The fourth-order valence-electron chi connectivity index (χ4n) is 2.39. The molecule has 0 bridgehead atoms. The summed E-state index contributed by atoms with van der Waals surface area (Å²) in [5.74, 6) is 0.828. The number of fused-ring (bicyclic) bond motifs is 1. The summed E-state index contributed by atoms with van der Waals surface area (Å²) in [6, 6.07) is 7.80. The molecule has 0 aliphatic carbocycles. The Bertz CT molecular complexity index is 785. The Morgan fingerprint density at radius 3 is 2.90 bits per heavy atom. The Hall–Kier alpha value is -2.07. The molecule has 2 heterocycles. The third-order valence-corrected chi connectivity index (χ3v) is 4.46. The number of H-pyrrole nitrogens is 1. The second kappa shape index (κ2) is 5.74. The van der Waals surface area contributed by atoms with Crippen LogP contribution in [0.4, 0.5) is 0 Å². The van der Waals surface area contributed by atoms with E-state index in [1.54, 1.807) is 6.20 Å². The largest absolute Gasteiger partial charge is 0.493 e. The molecule has 0 spiro atoms. The van der Waals surface area contributed by atoms with Crippen LogP contribution in [-0.2, 0) is 0 Å². The lowest BCUT2D eigenvalue weighted by molar-refractivity contribution is 0.104. The molecule has 0 radical (unpaired) electrons. The molecule has 0 saturated carbocycles. The summed E-state index contributed by atoms with van der Waals surface area (Å²) in [7, 11) is 0. The smallest absolute Gasteiger partial charge is 0.205 e. The minimum absolute atomic E-state index is 0.0568. The average molecular weight is 299 g/mol. The molecule has 0 amide bonds. The molecule has 3 nitrogen and oxygen atoms in total. The Kier molecular flexibility index (Phi) is 3.80. The lowest BCUT2D eigenvalue weighted by atomic mass is 10.1. The Balaban J connectivity index is 2.10. The van der Waals surface area contributed by atoms with Crippen molar-refractivity contribution >= 4 is 28.0 Å². The number of aromatic amines is 1. The summed E-state index contributed by atoms with van der Waals surface area (Å²) < 4.78 is 5.80. The normalized spacial score (nSPS) is 11.0. The number of ketones is 1. The van der Waals surface area contributed by atoms with Crippen molar-refractivity contribution in [1.29, 1.82) is 0 Å². The van der Waals surface area contributed by atoms with E-state index in [0.29, 0.717) is 12.2 Å². The number of hydrogen-bond acceptors (Lipinski definition) is 3. The van der Waals surface area contributed by atoms with Crippen LogP contribution >= 0.6 is 11.3 Å². The van der Waals surface area contributed by atoms with E-state index in [1.165, 1.54) is 11.3 Å². The summed E-state index contributed by atoms with van der Waals surface area (Å²) >= 11 is 1.48. The van der Waals surface area contributed by atoms with E-state index in [4.69, 9.17) is 4.74 Å². The first kappa shape index (κ1) is 13.9. The molecule has 108 valence electrons. The van der Waals surface area contributed by atoms with Gasteiger partial charge >= 0.3 is 0 Å². The maximum absolute atomic E-state index is 12.8. The Labute approximate surface area is 127 Å². The molecular weight excluding hydrogens is 282 g/mol. The van der Waals surface area contributed by atoms with Crippen molar-refractivity contribution in [1.82, 2.24) is 4.98 Å². The zero-order valence-corrected chi connectivity index (χ0v) is 12.9. The molecule has 0 aliphatic heterocycles. The number of hydrogen-bond donors (Lipinski definition) is 1. The van der Waals surface area contributed by atoms with Crippen molar-refractivity contribution in [3.63, 3.8) is 0 Å². The molecule has 0 atom stereocenters. The highest BCUT2D eigenvalue weighted by Gasteiger charge is 2.19. The highest BCUT2D eigenvalue weighted by atomic mass is 32.1. The van der Waals surface area contributed by atoms with Crippen LogP contribution < -0.4 is 4.74 Å². The fraction of sp³-hybridized carbons (Fsp3) is 0.235. The number of benzene rings is 1. The number of rotatable bonds is 5. The van der Waals surface area contributed by atoms with Crippen LogP contribution in [0.25, 0.3) is 10.9 Å². The van der Waals surface area contributed by atoms with Crippen LogP contribution in [0.1, 0.15) is 34.1 Å². The predicted octanol–water partition coefficient (Wildman–Crippen LogP) is 4.56. The molecule has 0 unspecified atom stereocenters. The van der Waals surface area contributed by atoms with Gasteiger partial charge in [-0.1, -0.05) is 13.0 Å². The monoisotopic (exact) mass is 299 g/mol. The van der Waals surface area contributed by atoms with E-state index in [-0.39, 0.29) is 5.78 Å². The predicted molar refractivity (Wildman–Crippen MR) is 86.6 cm³/mol. The van der Waals surface area contributed by atoms with Gasteiger partial charge in [0.15, 0.2) is 0 Å². The minimum atomic E-state index is 0.0568. The van der Waals surface area contributed by atoms with Gasteiger partial charge in [0.25, 0.3) is 0 Å². The first-order valence-electron chi connectivity index (χ1n) is 7.04. The summed E-state index contributed by atoms with van der Waals surface area (Å²) in [6.07, 6.45) is 2.72. The molecule has 0 fully saturated rings. The van der Waals surface area contributed by atoms with Gasteiger partial charge in [-0.2, -0.15) is 0 Å². The number of aromatic nitrogens is 1. The van der Waals surface area contributed by atoms with Gasteiger partial charge in [-0.15, -0.1) is 11.3 Å². The van der Waals surface area contributed by atoms with Crippen LogP contribution in [0.2, 0.25) is 0 Å². The van der Waals surface area contributed by atoms with Crippen LogP contribution in [0.15, 0.2) is 35.8 Å². The van der Waals surface area contributed by atoms with Gasteiger partial charge in [-0.25, -0.2) is 0 Å². The van der Waals surface area contributed by atoms with Crippen molar-refractivity contribution < 1.29 is 9.53 Å². The SMILES string of the molecule is CCCOc1cccc2[nH]cc(C(=O)c3sccc3C)c12. The molecule has 4 heteroatoms. The lowest BCUT2D eigenvalue weighted by Crippen LogP contribution is -2.01. The highest BCUT2D eigenvalue weighted by Crippen LogP contribution is 2.31. The number of thiophene rings is 1. The lowest BCUT2D eigenvalue weighted by Gasteiger charge is -2.07. The maximum Gasteiger partial charge on any atom is 0.205 e. The van der Waals surface area contributed by atoms with Gasteiger partial charge in [-0.05, 0) is 42.5 Å². The molecule has 1 aromatic carbocycles. The first-order valence-corrected chi connectivity index (χ1v) is 7.92. The number of nitrogens with one attached hydrogen (secondary N) is 1. The van der Waals surface area contributed by atoms with Crippen LogP contribution in [0.5, 0.6) is 5.75 Å². The van der Waals surface area contributed by atoms with Crippen molar-refractivity contribution in [2.24, 2.45) is 0 Å². The molecular formula is C17H17NO2S. The summed E-state index contributed by atoms with van der Waals surface area (Å²) in [5, 5.41) is 2.83. The topological polar surface area (TPSA) is 42.1 Å². The van der Waals surface area contributed by atoms with E-state index < -0.39 is 0 Å². The zero-order valence-electron chi connectivity index (χ0n) is 12.1. The highest BCUT2D eigenvalue weighted by molar-refractivity contribution is 7.12. The van der Waals surface area contributed by atoms with Crippen molar-refractivity contribution in [2.75, 3.05) is 6.61 Å². The van der Waals surface area contributed by atoms with E-state index in [2.05, 4.69) is 11.9 Å². The number of carbonyl (C=O) groups is 1. The third kappa shape index (κ3) is 2.47. The van der Waals surface area contributed by atoms with Gasteiger partial charge < -0.3 is 9.72 Å². The molecule has 1 N–H and O–H groups in total. The molecule has 2 aromatic heterocycles. The zero-order chi connectivity index (χ0) is 14.8.